The molecule has 6 rings (SSSR count). The molecule has 0 aromatic heterocycles. The zero-order chi connectivity index (χ0) is 30.3. The Morgan fingerprint density at radius 3 is 2.56 bits per heavy atom. The number of fused-ring (bicyclic) bond motifs is 1. The summed E-state index contributed by atoms with van der Waals surface area (Å²) >= 11 is 6.18. The predicted octanol–water partition coefficient (Wildman–Crippen LogP) is 5.22. The minimum Gasteiger partial charge on any atom is -0.322 e. The number of carbonyl (C=O) groups is 3. The lowest BCUT2D eigenvalue weighted by Crippen LogP contribution is -2.54. The summed E-state index contributed by atoms with van der Waals surface area (Å²) in [6.07, 6.45) is 3.80. The number of nitrogens with one attached hydrogen (secondary N) is 1. The third-order valence-electron chi connectivity index (χ3n) is 9.63. The molecule has 0 spiro atoms. The van der Waals surface area contributed by atoms with Gasteiger partial charge in [-0.1, -0.05) is 55.3 Å². The molecule has 43 heavy (non-hydrogen) atoms. The number of carbonyl (C=O) groups excluding carboxylic acids is 3. The Kier molecular flexibility index (Phi) is 8.46. The lowest BCUT2D eigenvalue weighted by molar-refractivity contribution is -0.136. The van der Waals surface area contributed by atoms with E-state index in [1.165, 1.54) is 16.7 Å². The van der Waals surface area contributed by atoms with E-state index in [1.807, 2.05) is 30.3 Å². The van der Waals surface area contributed by atoms with Gasteiger partial charge in [0.05, 0.1) is 6.04 Å². The number of imide groups is 1. The summed E-state index contributed by atoms with van der Waals surface area (Å²) in [5, 5.41) is 3.09. The van der Waals surface area contributed by atoms with Crippen LogP contribution in [-0.4, -0.2) is 77.4 Å². The monoisotopic (exact) mass is 606 g/mol. The number of benzene rings is 2. The first-order valence-electron chi connectivity index (χ1n) is 15.4. The van der Waals surface area contributed by atoms with Crippen molar-refractivity contribution in [2.45, 2.75) is 71.1 Å². The molecular weight excluding hydrogens is 567 g/mol. The van der Waals surface area contributed by atoms with Crippen molar-refractivity contribution >= 4 is 34.9 Å². The van der Waals surface area contributed by atoms with Gasteiger partial charge >= 0.3 is 0 Å². The van der Waals surface area contributed by atoms with Crippen LogP contribution in [0.3, 0.4) is 0 Å². The minimum absolute atomic E-state index is 0.176. The second-order valence-electron chi connectivity index (χ2n) is 13.3. The molecule has 2 fully saturated rings. The first-order chi connectivity index (χ1) is 20.6. The van der Waals surface area contributed by atoms with Crippen LogP contribution in [0.1, 0.15) is 73.0 Å². The van der Waals surface area contributed by atoms with Crippen molar-refractivity contribution in [3.63, 3.8) is 0 Å². The van der Waals surface area contributed by atoms with Gasteiger partial charge in [-0.15, -0.1) is 0 Å². The van der Waals surface area contributed by atoms with E-state index in [2.05, 4.69) is 41.1 Å². The zero-order valence-electron chi connectivity index (χ0n) is 25.0. The van der Waals surface area contributed by atoms with Crippen molar-refractivity contribution in [2.24, 2.45) is 5.41 Å². The van der Waals surface area contributed by atoms with Crippen molar-refractivity contribution in [3.8, 4) is 0 Å². The molecule has 0 saturated carbocycles. The SMILES string of the molecule is CC1(C)CCC(CN2CCN(Cc3ccc4c(c3)CN(C3CCC(=O)NC3=O)C4=O)C(CF)C2)=C(c2ccc(Cl)cc2)C1. The van der Waals surface area contributed by atoms with E-state index < -0.39 is 18.6 Å². The van der Waals surface area contributed by atoms with Crippen LogP contribution >= 0.6 is 11.6 Å². The summed E-state index contributed by atoms with van der Waals surface area (Å²) < 4.78 is 14.5. The number of allylic oxidation sites excluding steroid dienone is 1. The largest absolute Gasteiger partial charge is 0.322 e. The third kappa shape index (κ3) is 6.42. The number of rotatable bonds is 7. The molecule has 0 radical (unpaired) electrons. The molecule has 2 unspecified atom stereocenters. The van der Waals surface area contributed by atoms with Crippen LogP contribution in [0, 0.1) is 5.41 Å². The molecule has 2 aromatic carbocycles. The first kappa shape index (κ1) is 30.0. The summed E-state index contributed by atoms with van der Waals surface area (Å²) in [5.41, 5.74) is 6.86. The van der Waals surface area contributed by atoms with E-state index in [9.17, 15) is 18.8 Å². The van der Waals surface area contributed by atoms with Crippen LogP contribution in [0.4, 0.5) is 4.39 Å². The second-order valence-corrected chi connectivity index (χ2v) is 13.8. The third-order valence-corrected chi connectivity index (χ3v) is 9.89. The number of amides is 3. The summed E-state index contributed by atoms with van der Waals surface area (Å²) in [6.45, 7) is 8.36. The lowest BCUT2D eigenvalue weighted by atomic mass is 9.72. The van der Waals surface area contributed by atoms with Gasteiger partial charge in [0.1, 0.15) is 12.7 Å². The quantitative estimate of drug-likeness (QED) is 0.438. The number of alkyl halides is 1. The van der Waals surface area contributed by atoms with Crippen LogP contribution in [0.5, 0.6) is 0 Å². The Labute approximate surface area is 258 Å². The maximum absolute atomic E-state index is 14.5. The van der Waals surface area contributed by atoms with Gasteiger partial charge in [-0.3, -0.25) is 29.5 Å². The summed E-state index contributed by atoms with van der Waals surface area (Å²) in [6, 6.07) is 13.1. The number of piperidine rings is 1. The Bertz CT molecular complexity index is 1460. The fourth-order valence-electron chi connectivity index (χ4n) is 7.15. The maximum Gasteiger partial charge on any atom is 0.255 e. The molecule has 1 aliphatic carbocycles. The molecule has 7 nitrogen and oxygen atoms in total. The predicted molar refractivity (Wildman–Crippen MR) is 165 cm³/mol. The smallest absolute Gasteiger partial charge is 0.255 e. The van der Waals surface area contributed by atoms with Crippen molar-refractivity contribution < 1.29 is 18.8 Å². The van der Waals surface area contributed by atoms with E-state index >= 15 is 0 Å². The summed E-state index contributed by atoms with van der Waals surface area (Å²) in [4.78, 5) is 43.2. The van der Waals surface area contributed by atoms with E-state index in [0.29, 0.717) is 31.6 Å². The summed E-state index contributed by atoms with van der Waals surface area (Å²) in [5.74, 6) is -0.879. The number of hydrogen-bond donors (Lipinski definition) is 1. The molecule has 0 bridgehead atoms. The van der Waals surface area contributed by atoms with E-state index in [-0.39, 0.29) is 29.7 Å². The van der Waals surface area contributed by atoms with Gasteiger partial charge in [0, 0.05) is 56.3 Å². The second kappa shape index (κ2) is 12.1. The average molecular weight is 607 g/mol. The van der Waals surface area contributed by atoms with Gasteiger partial charge in [-0.2, -0.15) is 0 Å². The molecule has 9 heteroatoms. The van der Waals surface area contributed by atoms with Crippen LogP contribution in [0.25, 0.3) is 5.57 Å². The lowest BCUT2D eigenvalue weighted by Gasteiger charge is -2.42. The van der Waals surface area contributed by atoms with Crippen LogP contribution in [0.2, 0.25) is 5.02 Å². The van der Waals surface area contributed by atoms with Crippen LogP contribution in [-0.2, 0) is 22.7 Å². The van der Waals surface area contributed by atoms with Gasteiger partial charge in [-0.05, 0) is 71.6 Å². The number of nitrogens with zero attached hydrogens (tertiary/aromatic N) is 3. The first-order valence-corrected chi connectivity index (χ1v) is 15.7. The standard InChI is InChI=1S/C34H40ClFN4O3/c1-34(2)12-11-24(29(16-34)23-4-6-26(35)7-5-23)19-38-13-14-39(27(17-36)21-38)18-22-3-8-28-25(15-22)20-40(33(28)43)30-9-10-31(41)37-32(30)42/h3-8,15,27,30H,9-14,16-21H2,1-2H3,(H,37,41,42). The fourth-order valence-corrected chi connectivity index (χ4v) is 7.28. The Hall–Kier alpha value is -3.07. The molecule has 2 atom stereocenters. The minimum atomic E-state index is -0.629. The molecule has 3 heterocycles. The molecular formula is C34H40ClFN4O3. The number of hydrogen-bond acceptors (Lipinski definition) is 5. The highest BCUT2D eigenvalue weighted by Crippen LogP contribution is 2.43. The fraction of sp³-hybridized carbons (Fsp3) is 0.500. The molecule has 2 saturated heterocycles. The van der Waals surface area contributed by atoms with Crippen molar-refractivity contribution in [2.75, 3.05) is 32.9 Å². The number of piperazine rings is 1. The zero-order valence-corrected chi connectivity index (χ0v) is 25.8. The van der Waals surface area contributed by atoms with Gasteiger partial charge in [0.15, 0.2) is 0 Å². The van der Waals surface area contributed by atoms with Gasteiger partial charge in [-0.25, -0.2) is 4.39 Å². The normalized spacial score (nSPS) is 24.8. The molecule has 3 amide bonds. The molecule has 228 valence electrons. The average Bonchev–Trinajstić information content (AvgIpc) is 3.30. The van der Waals surface area contributed by atoms with Crippen LogP contribution < -0.4 is 5.32 Å². The summed E-state index contributed by atoms with van der Waals surface area (Å²) in [7, 11) is 0. The molecule has 4 aliphatic rings. The highest BCUT2D eigenvalue weighted by molar-refractivity contribution is 6.30. The Morgan fingerprint density at radius 2 is 1.81 bits per heavy atom. The van der Waals surface area contributed by atoms with Gasteiger partial charge in [0.2, 0.25) is 11.8 Å². The molecule has 3 aliphatic heterocycles. The van der Waals surface area contributed by atoms with Gasteiger partial charge < -0.3 is 4.90 Å². The van der Waals surface area contributed by atoms with Crippen molar-refractivity contribution in [1.29, 1.82) is 0 Å². The van der Waals surface area contributed by atoms with Crippen molar-refractivity contribution in [3.05, 3.63) is 75.3 Å². The molecule has 1 N–H and O–H groups in total. The van der Waals surface area contributed by atoms with Gasteiger partial charge in [0.25, 0.3) is 5.91 Å². The Morgan fingerprint density at radius 1 is 1.02 bits per heavy atom. The van der Waals surface area contributed by atoms with E-state index in [4.69, 9.17) is 11.6 Å². The maximum atomic E-state index is 14.5. The topological polar surface area (TPSA) is 73.0 Å². The highest BCUT2D eigenvalue weighted by Gasteiger charge is 2.39. The number of halogens is 2. The van der Waals surface area contributed by atoms with E-state index in [1.54, 1.807) is 4.90 Å². The Balaban J connectivity index is 1.12. The van der Waals surface area contributed by atoms with E-state index in [0.717, 1.165) is 55.0 Å². The highest BCUT2D eigenvalue weighted by atomic mass is 35.5. The molecule has 2 aromatic rings. The van der Waals surface area contributed by atoms with Crippen LogP contribution in [0.15, 0.2) is 48.0 Å². The van der Waals surface area contributed by atoms with Crippen molar-refractivity contribution in [1.82, 2.24) is 20.0 Å².